The van der Waals surface area contributed by atoms with Crippen molar-refractivity contribution in [2.24, 2.45) is 5.73 Å². The molecule has 0 aromatic heterocycles. The topological polar surface area (TPSA) is 113 Å². The van der Waals surface area contributed by atoms with Crippen molar-refractivity contribution < 1.29 is 19.2 Å². The third kappa shape index (κ3) is 3.39. The van der Waals surface area contributed by atoms with Gasteiger partial charge in [-0.15, -0.1) is 0 Å². The molecule has 0 saturated heterocycles. The van der Waals surface area contributed by atoms with E-state index in [1.54, 1.807) is 20.8 Å². The average Bonchev–Trinajstić information content (AvgIpc) is 2.36. The molecule has 0 atom stereocenters. The van der Waals surface area contributed by atoms with E-state index in [9.17, 15) is 19.7 Å². The molecule has 0 aliphatic heterocycles. The van der Waals surface area contributed by atoms with E-state index in [0.29, 0.717) is 0 Å². The minimum absolute atomic E-state index is 0.00602. The van der Waals surface area contributed by atoms with E-state index in [2.05, 4.69) is 4.74 Å². The number of carbonyl (C=O) groups is 2. The minimum atomic E-state index is -0.936. The Morgan fingerprint density at radius 2 is 1.95 bits per heavy atom. The summed E-state index contributed by atoms with van der Waals surface area (Å²) in [5.41, 5.74) is 4.43. The van der Waals surface area contributed by atoms with E-state index in [4.69, 9.17) is 5.73 Å². The van der Waals surface area contributed by atoms with Crippen molar-refractivity contribution in [1.29, 1.82) is 0 Å². The number of nitrogens with two attached hydrogens (primary N) is 1. The van der Waals surface area contributed by atoms with Gasteiger partial charge in [0.25, 0.3) is 5.69 Å². The van der Waals surface area contributed by atoms with Gasteiger partial charge < -0.3 is 10.5 Å². The van der Waals surface area contributed by atoms with Crippen LogP contribution in [0.5, 0.6) is 0 Å². The fourth-order valence-electron chi connectivity index (χ4n) is 1.85. The van der Waals surface area contributed by atoms with Crippen molar-refractivity contribution in [2.45, 2.75) is 26.2 Å². The number of nitro benzene ring substituents is 1. The van der Waals surface area contributed by atoms with Gasteiger partial charge >= 0.3 is 11.9 Å². The van der Waals surface area contributed by atoms with Crippen LogP contribution in [0.4, 0.5) is 5.69 Å². The maximum Gasteiger partial charge on any atom is 0.346 e. The number of benzene rings is 1. The highest BCUT2D eigenvalue weighted by atomic mass is 16.6. The standard InChI is InChI=1S/C13H16N2O5/c1-13(2,3)11-8(12(17)20-10(16)7-14)5-4-6-9(11)15(18)19/h4-6H,7,14H2,1-3H3. The third-order valence-corrected chi connectivity index (χ3v) is 2.58. The summed E-state index contributed by atoms with van der Waals surface area (Å²) in [4.78, 5) is 33.5. The normalized spacial score (nSPS) is 11.0. The molecule has 0 heterocycles. The highest BCUT2D eigenvalue weighted by Crippen LogP contribution is 2.34. The van der Waals surface area contributed by atoms with E-state index in [0.717, 1.165) is 0 Å². The molecular formula is C13H16N2O5. The Bertz CT molecular complexity index is 560. The maximum atomic E-state index is 11.9. The van der Waals surface area contributed by atoms with Crippen molar-refractivity contribution in [1.82, 2.24) is 0 Å². The van der Waals surface area contributed by atoms with Crippen LogP contribution in [-0.2, 0) is 14.9 Å². The number of hydrogen-bond acceptors (Lipinski definition) is 6. The largest absolute Gasteiger partial charge is 0.388 e. The van der Waals surface area contributed by atoms with Crippen LogP contribution in [-0.4, -0.2) is 23.4 Å². The van der Waals surface area contributed by atoms with Crippen LogP contribution in [0, 0.1) is 10.1 Å². The van der Waals surface area contributed by atoms with Gasteiger partial charge in [0.2, 0.25) is 0 Å². The van der Waals surface area contributed by atoms with Crippen LogP contribution in [0.25, 0.3) is 0 Å². The number of carbonyl (C=O) groups excluding carboxylic acids is 2. The van der Waals surface area contributed by atoms with Gasteiger partial charge in [-0.1, -0.05) is 26.8 Å². The summed E-state index contributed by atoms with van der Waals surface area (Å²) in [5, 5.41) is 11.1. The van der Waals surface area contributed by atoms with Gasteiger partial charge in [-0.05, 0) is 11.5 Å². The Labute approximate surface area is 115 Å². The molecule has 0 amide bonds. The summed E-state index contributed by atoms with van der Waals surface area (Å²) in [5.74, 6) is -1.82. The summed E-state index contributed by atoms with van der Waals surface area (Å²) >= 11 is 0. The molecule has 108 valence electrons. The first-order chi connectivity index (χ1) is 9.18. The van der Waals surface area contributed by atoms with Crippen molar-refractivity contribution >= 4 is 17.6 Å². The molecular weight excluding hydrogens is 264 g/mol. The molecule has 0 bridgehead atoms. The highest BCUT2D eigenvalue weighted by molar-refractivity contribution is 5.99. The first kappa shape index (κ1) is 15.8. The number of ether oxygens (including phenoxy) is 1. The number of hydrogen-bond donors (Lipinski definition) is 1. The maximum absolute atomic E-state index is 11.9. The second-order valence-electron chi connectivity index (χ2n) is 5.17. The van der Waals surface area contributed by atoms with Crippen LogP contribution >= 0.6 is 0 Å². The molecule has 1 aromatic carbocycles. The molecule has 0 spiro atoms. The number of nitrogens with zero attached hydrogens (tertiary/aromatic N) is 1. The Morgan fingerprint density at radius 3 is 2.40 bits per heavy atom. The molecule has 20 heavy (non-hydrogen) atoms. The number of rotatable bonds is 3. The van der Waals surface area contributed by atoms with Crippen LogP contribution in [0.3, 0.4) is 0 Å². The molecule has 0 radical (unpaired) electrons. The van der Waals surface area contributed by atoms with E-state index in [1.165, 1.54) is 18.2 Å². The van der Waals surface area contributed by atoms with E-state index >= 15 is 0 Å². The monoisotopic (exact) mass is 280 g/mol. The van der Waals surface area contributed by atoms with Crippen molar-refractivity contribution in [3.63, 3.8) is 0 Å². The predicted octanol–water partition coefficient (Wildman–Crippen LogP) is 1.53. The van der Waals surface area contributed by atoms with Gasteiger partial charge in [0.15, 0.2) is 0 Å². The van der Waals surface area contributed by atoms with Gasteiger partial charge in [0.1, 0.15) is 0 Å². The molecule has 0 fully saturated rings. The fourth-order valence-corrected chi connectivity index (χ4v) is 1.85. The van der Waals surface area contributed by atoms with Gasteiger partial charge in [0.05, 0.1) is 17.0 Å². The molecule has 1 aromatic rings. The number of nitro groups is 1. The summed E-state index contributed by atoms with van der Waals surface area (Å²) in [6, 6.07) is 4.07. The molecule has 2 N–H and O–H groups in total. The second-order valence-corrected chi connectivity index (χ2v) is 5.17. The lowest BCUT2D eigenvalue weighted by Gasteiger charge is -2.21. The average molecular weight is 280 g/mol. The molecule has 0 aliphatic rings. The molecule has 0 saturated carbocycles. The third-order valence-electron chi connectivity index (χ3n) is 2.58. The van der Waals surface area contributed by atoms with Crippen molar-refractivity contribution in [3.8, 4) is 0 Å². The lowest BCUT2D eigenvalue weighted by Crippen LogP contribution is -2.24. The summed E-state index contributed by atoms with van der Waals surface area (Å²) in [6.45, 7) is 4.76. The van der Waals surface area contributed by atoms with Crippen molar-refractivity contribution in [2.75, 3.05) is 6.54 Å². The number of esters is 2. The first-order valence-corrected chi connectivity index (χ1v) is 5.91. The fraction of sp³-hybridized carbons (Fsp3) is 0.385. The molecule has 7 heteroatoms. The second kappa shape index (κ2) is 5.79. The van der Waals surface area contributed by atoms with Crippen LogP contribution < -0.4 is 5.73 Å². The smallest absolute Gasteiger partial charge is 0.346 e. The van der Waals surface area contributed by atoms with Gasteiger partial charge in [0, 0.05) is 11.6 Å². The molecule has 0 unspecified atom stereocenters. The molecule has 1 rings (SSSR count). The Balaban J connectivity index is 3.40. The molecule has 7 nitrogen and oxygen atoms in total. The Hall–Kier alpha value is -2.28. The zero-order valence-corrected chi connectivity index (χ0v) is 11.5. The van der Waals surface area contributed by atoms with Crippen LogP contribution in [0.2, 0.25) is 0 Å². The van der Waals surface area contributed by atoms with E-state index in [-0.39, 0.29) is 16.8 Å². The summed E-state index contributed by atoms with van der Waals surface area (Å²) < 4.78 is 4.53. The SMILES string of the molecule is CC(C)(C)c1c(C(=O)OC(=O)CN)cccc1[N+](=O)[O-]. The lowest BCUT2D eigenvalue weighted by molar-refractivity contribution is -0.386. The van der Waals surface area contributed by atoms with E-state index in [1.807, 2.05) is 0 Å². The predicted molar refractivity (Wildman–Crippen MR) is 71.3 cm³/mol. The zero-order valence-electron chi connectivity index (χ0n) is 11.5. The van der Waals surface area contributed by atoms with Gasteiger partial charge in [-0.2, -0.15) is 0 Å². The van der Waals surface area contributed by atoms with Gasteiger partial charge in [-0.3, -0.25) is 14.9 Å². The van der Waals surface area contributed by atoms with Crippen LogP contribution in [0.15, 0.2) is 18.2 Å². The van der Waals surface area contributed by atoms with E-state index < -0.39 is 28.8 Å². The van der Waals surface area contributed by atoms with Crippen LogP contribution in [0.1, 0.15) is 36.7 Å². The Kier molecular flexibility index (Phi) is 4.57. The minimum Gasteiger partial charge on any atom is -0.388 e. The quantitative estimate of drug-likeness (QED) is 0.389. The van der Waals surface area contributed by atoms with Crippen molar-refractivity contribution in [3.05, 3.63) is 39.4 Å². The highest BCUT2D eigenvalue weighted by Gasteiger charge is 2.31. The lowest BCUT2D eigenvalue weighted by atomic mass is 9.82. The zero-order chi connectivity index (χ0) is 15.5. The van der Waals surface area contributed by atoms with Gasteiger partial charge in [-0.25, -0.2) is 4.79 Å². The summed E-state index contributed by atoms with van der Waals surface area (Å²) in [7, 11) is 0. The summed E-state index contributed by atoms with van der Waals surface area (Å²) in [6.07, 6.45) is 0. The Morgan fingerprint density at radius 1 is 1.35 bits per heavy atom. The molecule has 0 aliphatic carbocycles. The first-order valence-electron chi connectivity index (χ1n) is 5.91.